The van der Waals surface area contributed by atoms with E-state index in [2.05, 4.69) is 9.97 Å². The Morgan fingerprint density at radius 1 is 1.30 bits per heavy atom. The molecule has 0 aliphatic carbocycles. The molecule has 2 aromatic rings. The Hall–Kier alpha value is -1.69. The highest BCUT2D eigenvalue weighted by Gasteiger charge is 2.18. The first kappa shape index (κ1) is 14.7. The maximum Gasteiger partial charge on any atom is 0.355 e. The molecule has 1 N–H and O–H groups in total. The Morgan fingerprint density at radius 3 is 2.65 bits per heavy atom. The highest BCUT2D eigenvalue weighted by atomic mass is 35.5. The Kier molecular flexibility index (Phi) is 4.54. The van der Waals surface area contributed by atoms with Crippen LogP contribution in [0.2, 0.25) is 10.0 Å². The summed E-state index contributed by atoms with van der Waals surface area (Å²) < 4.78 is 5.03. The Labute approximate surface area is 125 Å². The molecule has 20 heavy (non-hydrogen) atoms. The number of hydrogen-bond donors (Lipinski definition) is 1. The van der Waals surface area contributed by atoms with Crippen molar-refractivity contribution in [2.24, 2.45) is 0 Å². The molecule has 0 atom stereocenters. The third kappa shape index (κ3) is 2.90. The number of carbonyl (C=O) groups is 1. The van der Waals surface area contributed by atoms with Crippen LogP contribution >= 0.6 is 23.2 Å². The minimum Gasteiger partial charge on any atom is -0.476 e. The molecule has 0 radical (unpaired) electrons. The minimum atomic E-state index is -1.14. The average molecular weight is 313 g/mol. The molecule has 0 saturated carbocycles. The Balaban J connectivity index is 2.63. The number of rotatable bonds is 4. The van der Waals surface area contributed by atoms with Gasteiger partial charge < -0.3 is 9.84 Å². The van der Waals surface area contributed by atoms with E-state index in [1.165, 1.54) is 13.4 Å². The fourth-order valence-corrected chi connectivity index (χ4v) is 2.07. The molecule has 0 spiro atoms. The van der Waals surface area contributed by atoms with E-state index >= 15 is 0 Å². The van der Waals surface area contributed by atoms with Crippen LogP contribution < -0.4 is 0 Å². The molecule has 1 aromatic carbocycles. The van der Waals surface area contributed by atoms with E-state index < -0.39 is 5.97 Å². The third-order valence-corrected chi connectivity index (χ3v) is 3.37. The Morgan fingerprint density at radius 2 is 2.05 bits per heavy atom. The highest BCUT2D eigenvalue weighted by Crippen LogP contribution is 2.30. The average Bonchev–Trinajstić information content (AvgIpc) is 2.42. The molecule has 2 rings (SSSR count). The van der Waals surface area contributed by atoms with Crippen molar-refractivity contribution in [3.63, 3.8) is 0 Å². The quantitative estimate of drug-likeness (QED) is 0.937. The number of carboxylic acid groups (broad SMARTS) is 1. The van der Waals surface area contributed by atoms with E-state index in [1.54, 1.807) is 18.2 Å². The number of nitrogens with zero attached hydrogens (tertiary/aromatic N) is 2. The van der Waals surface area contributed by atoms with Gasteiger partial charge in [0.05, 0.1) is 22.3 Å². The fraction of sp³-hybridized carbons (Fsp3) is 0.154. The van der Waals surface area contributed by atoms with Crippen LogP contribution in [0.5, 0.6) is 0 Å². The van der Waals surface area contributed by atoms with Crippen LogP contribution in [-0.2, 0) is 11.3 Å². The number of aromatic carboxylic acids is 1. The number of benzene rings is 1. The SMILES string of the molecule is COCc1c(C(=O)O)ncnc1-c1ccc(Cl)c(Cl)c1. The lowest BCUT2D eigenvalue weighted by atomic mass is 10.0. The van der Waals surface area contributed by atoms with Gasteiger partial charge in [-0.3, -0.25) is 0 Å². The van der Waals surface area contributed by atoms with Gasteiger partial charge in [0.25, 0.3) is 0 Å². The van der Waals surface area contributed by atoms with E-state index in [9.17, 15) is 4.79 Å². The largest absolute Gasteiger partial charge is 0.476 e. The molecular weight excluding hydrogens is 303 g/mol. The highest BCUT2D eigenvalue weighted by molar-refractivity contribution is 6.42. The van der Waals surface area contributed by atoms with Crippen LogP contribution in [0.4, 0.5) is 0 Å². The molecule has 0 saturated heterocycles. The molecule has 1 heterocycles. The van der Waals surface area contributed by atoms with Gasteiger partial charge >= 0.3 is 5.97 Å². The molecule has 1 aromatic heterocycles. The molecular formula is C13H10Cl2N2O3. The minimum absolute atomic E-state index is 0.0814. The lowest BCUT2D eigenvalue weighted by molar-refractivity contribution is 0.0684. The number of halogens is 2. The summed E-state index contributed by atoms with van der Waals surface area (Å²) in [7, 11) is 1.47. The number of hydrogen-bond acceptors (Lipinski definition) is 4. The summed E-state index contributed by atoms with van der Waals surface area (Å²) in [4.78, 5) is 19.1. The summed E-state index contributed by atoms with van der Waals surface area (Å²) in [5.74, 6) is -1.14. The van der Waals surface area contributed by atoms with Crippen LogP contribution in [0, 0.1) is 0 Å². The molecule has 104 valence electrons. The van der Waals surface area contributed by atoms with Crippen molar-refractivity contribution in [1.82, 2.24) is 9.97 Å². The summed E-state index contributed by atoms with van der Waals surface area (Å²) >= 11 is 11.8. The predicted octanol–water partition coefficient (Wildman–Crippen LogP) is 3.30. The lowest BCUT2D eigenvalue weighted by Crippen LogP contribution is -2.09. The molecule has 0 amide bonds. The Bertz CT molecular complexity index is 662. The van der Waals surface area contributed by atoms with Gasteiger partial charge in [0.15, 0.2) is 5.69 Å². The van der Waals surface area contributed by atoms with Gasteiger partial charge in [0, 0.05) is 18.2 Å². The normalized spacial score (nSPS) is 10.6. The summed E-state index contributed by atoms with van der Waals surface area (Å²) in [5.41, 5.74) is 1.40. The van der Waals surface area contributed by atoms with Crippen molar-refractivity contribution in [2.45, 2.75) is 6.61 Å². The van der Waals surface area contributed by atoms with Gasteiger partial charge in [-0.2, -0.15) is 0 Å². The van der Waals surface area contributed by atoms with E-state index in [0.29, 0.717) is 26.9 Å². The second kappa shape index (κ2) is 6.17. The fourth-order valence-electron chi connectivity index (χ4n) is 1.77. The van der Waals surface area contributed by atoms with E-state index in [0.717, 1.165) is 0 Å². The number of carboxylic acids is 1. The van der Waals surface area contributed by atoms with E-state index in [4.69, 9.17) is 33.0 Å². The van der Waals surface area contributed by atoms with Gasteiger partial charge in [0.2, 0.25) is 0 Å². The first-order valence-electron chi connectivity index (χ1n) is 5.56. The standard InChI is InChI=1S/C13H10Cl2N2O3/c1-20-5-8-11(16-6-17-12(8)13(18)19)7-2-3-9(14)10(15)4-7/h2-4,6H,5H2,1H3,(H,18,19). The number of ether oxygens (including phenoxy) is 1. The second-order valence-electron chi connectivity index (χ2n) is 3.92. The van der Waals surface area contributed by atoms with Crippen molar-refractivity contribution < 1.29 is 14.6 Å². The summed E-state index contributed by atoms with van der Waals surface area (Å²) in [6.45, 7) is 0.0814. The molecule has 0 unspecified atom stereocenters. The summed E-state index contributed by atoms with van der Waals surface area (Å²) in [6, 6.07) is 4.96. The topological polar surface area (TPSA) is 72.3 Å². The molecule has 0 aliphatic heterocycles. The van der Waals surface area contributed by atoms with Crippen LogP contribution in [0.1, 0.15) is 16.1 Å². The van der Waals surface area contributed by atoms with Crippen LogP contribution in [0.3, 0.4) is 0 Å². The number of methoxy groups -OCH3 is 1. The molecule has 0 fully saturated rings. The monoisotopic (exact) mass is 312 g/mol. The second-order valence-corrected chi connectivity index (χ2v) is 4.73. The molecule has 0 bridgehead atoms. The van der Waals surface area contributed by atoms with Crippen LogP contribution in [0.25, 0.3) is 11.3 Å². The number of aromatic nitrogens is 2. The smallest absolute Gasteiger partial charge is 0.355 e. The zero-order valence-electron chi connectivity index (χ0n) is 10.4. The van der Waals surface area contributed by atoms with Gasteiger partial charge in [-0.25, -0.2) is 14.8 Å². The molecule has 0 aliphatic rings. The van der Waals surface area contributed by atoms with Crippen molar-refractivity contribution in [3.05, 3.63) is 45.8 Å². The lowest BCUT2D eigenvalue weighted by Gasteiger charge is -2.10. The summed E-state index contributed by atoms with van der Waals surface area (Å²) in [5, 5.41) is 9.95. The van der Waals surface area contributed by atoms with Crippen LogP contribution in [-0.4, -0.2) is 28.2 Å². The first-order valence-corrected chi connectivity index (χ1v) is 6.31. The van der Waals surface area contributed by atoms with Gasteiger partial charge in [-0.1, -0.05) is 29.3 Å². The zero-order valence-corrected chi connectivity index (χ0v) is 11.9. The predicted molar refractivity (Wildman–Crippen MR) is 75.2 cm³/mol. The first-order chi connectivity index (χ1) is 9.54. The summed E-state index contributed by atoms with van der Waals surface area (Å²) in [6.07, 6.45) is 1.19. The van der Waals surface area contributed by atoms with Gasteiger partial charge in [-0.05, 0) is 12.1 Å². The van der Waals surface area contributed by atoms with E-state index in [1.807, 2.05) is 0 Å². The van der Waals surface area contributed by atoms with Gasteiger partial charge in [0.1, 0.15) is 6.33 Å². The molecule has 5 nitrogen and oxygen atoms in total. The molecule has 7 heteroatoms. The zero-order chi connectivity index (χ0) is 14.7. The maximum absolute atomic E-state index is 11.2. The van der Waals surface area contributed by atoms with Gasteiger partial charge in [-0.15, -0.1) is 0 Å². The van der Waals surface area contributed by atoms with Crippen molar-refractivity contribution in [3.8, 4) is 11.3 Å². The maximum atomic E-state index is 11.2. The van der Waals surface area contributed by atoms with Crippen molar-refractivity contribution in [1.29, 1.82) is 0 Å². The van der Waals surface area contributed by atoms with E-state index in [-0.39, 0.29) is 12.3 Å². The van der Waals surface area contributed by atoms with Crippen LogP contribution in [0.15, 0.2) is 24.5 Å². The van der Waals surface area contributed by atoms with Crippen molar-refractivity contribution in [2.75, 3.05) is 7.11 Å². The van der Waals surface area contributed by atoms with Crippen molar-refractivity contribution >= 4 is 29.2 Å². The third-order valence-electron chi connectivity index (χ3n) is 2.63.